The average molecular weight is 162 g/mol. The van der Waals surface area contributed by atoms with Crippen LogP contribution in [-0.2, 0) is 6.54 Å². The normalized spacial score (nSPS) is 13.9. The Bertz CT molecular complexity index is 333. The molecule has 1 amide bonds. The first-order chi connectivity index (χ1) is 5.81. The van der Waals surface area contributed by atoms with E-state index < -0.39 is 0 Å². The van der Waals surface area contributed by atoms with Gasteiger partial charge in [0.25, 0.3) is 5.91 Å². The number of nitrogens with one attached hydrogen (secondary N) is 2. The molecule has 1 aromatic carbocycles. The van der Waals surface area contributed by atoms with Crippen LogP contribution >= 0.6 is 0 Å². The lowest BCUT2D eigenvalue weighted by Gasteiger charge is -2.00. The van der Waals surface area contributed by atoms with Crippen molar-refractivity contribution in [2.45, 2.75) is 6.54 Å². The zero-order chi connectivity index (χ0) is 8.55. The number of hydrogen-bond acceptors (Lipinski definition) is 2. The van der Waals surface area contributed by atoms with Gasteiger partial charge in [0.1, 0.15) is 0 Å². The van der Waals surface area contributed by atoms with Crippen LogP contribution in [0, 0.1) is 0 Å². The monoisotopic (exact) mass is 162 g/mol. The van der Waals surface area contributed by atoms with Gasteiger partial charge in [-0.3, -0.25) is 4.79 Å². The van der Waals surface area contributed by atoms with Crippen LogP contribution in [-0.4, -0.2) is 13.0 Å². The maximum atomic E-state index is 11.1. The van der Waals surface area contributed by atoms with E-state index in [9.17, 15) is 4.79 Å². The van der Waals surface area contributed by atoms with Gasteiger partial charge < -0.3 is 10.6 Å². The number of fused-ring (bicyclic) bond motifs is 1. The van der Waals surface area contributed by atoms with Gasteiger partial charge >= 0.3 is 0 Å². The molecule has 62 valence electrons. The summed E-state index contributed by atoms with van der Waals surface area (Å²) in [7, 11) is 1.87. The number of carbonyl (C=O) groups is 1. The molecule has 2 rings (SSSR count). The van der Waals surface area contributed by atoms with E-state index in [-0.39, 0.29) is 5.91 Å². The molecular weight excluding hydrogens is 152 g/mol. The Morgan fingerprint density at radius 1 is 1.50 bits per heavy atom. The fraction of sp³-hybridized carbons (Fsp3) is 0.222. The predicted octanol–water partition coefficient (Wildman–Crippen LogP) is 0.972. The summed E-state index contributed by atoms with van der Waals surface area (Å²) in [6.45, 7) is 0.656. The second-order valence-electron chi connectivity index (χ2n) is 2.80. The summed E-state index contributed by atoms with van der Waals surface area (Å²) in [6, 6.07) is 5.75. The van der Waals surface area contributed by atoms with Crippen molar-refractivity contribution in [1.82, 2.24) is 5.32 Å². The Kier molecular flexibility index (Phi) is 1.50. The van der Waals surface area contributed by atoms with Crippen LogP contribution in [0.3, 0.4) is 0 Å². The maximum Gasteiger partial charge on any atom is 0.251 e. The Morgan fingerprint density at radius 2 is 2.33 bits per heavy atom. The Morgan fingerprint density at radius 3 is 3.08 bits per heavy atom. The number of anilines is 1. The smallest absolute Gasteiger partial charge is 0.251 e. The third kappa shape index (κ3) is 0.942. The van der Waals surface area contributed by atoms with E-state index in [1.165, 1.54) is 0 Å². The molecule has 0 unspecified atom stereocenters. The van der Waals surface area contributed by atoms with Gasteiger partial charge in [-0.1, -0.05) is 0 Å². The molecule has 0 saturated carbocycles. The lowest BCUT2D eigenvalue weighted by molar-refractivity contribution is 0.0966. The minimum atomic E-state index is 0.0349. The fourth-order valence-corrected chi connectivity index (χ4v) is 1.39. The third-order valence-corrected chi connectivity index (χ3v) is 2.08. The SMILES string of the molecule is CNc1ccc2c(c1)CNC2=O. The van der Waals surface area contributed by atoms with Gasteiger partial charge in [0.15, 0.2) is 0 Å². The van der Waals surface area contributed by atoms with Gasteiger partial charge in [0.05, 0.1) is 0 Å². The molecule has 0 saturated heterocycles. The molecule has 2 N–H and O–H groups in total. The van der Waals surface area contributed by atoms with Gasteiger partial charge in [0, 0.05) is 24.8 Å². The Labute approximate surface area is 70.8 Å². The molecular formula is C9H10N2O. The summed E-state index contributed by atoms with van der Waals surface area (Å²) in [4.78, 5) is 11.1. The standard InChI is InChI=1S/C9H10N2O/c1-10-7-2-3-8-6(4-7)5-11-9(8)12/h2-4,10H,5H2,1H3,(H,11,12). The minimum Gasteiger partial charge on any atom is -0.388 e. The van der Waals surface area contributed by atoms with E-state index in [0.29, 0.717) is 6.54 Å². The Balaban J connectivity index is 2.48. The molecule has 1 aromatic rings. The zero-order valence-electron chi connectivity index (χ0n) is 6.85. The predicted molar refractivity (Wildman–Crippen MR) is 47.2 cm³/mol. The summed E-state index contributed by atoms with van der Waals surface area (Å²) in [5, 5.41) is 5.80. The van der Waals surface area contributed by atoms with Gasteiger partial charge in [-0.2, -0.15) is 0 Å². The van der Waals surface area contributed by atoms with Crippen LogP contribution in [0.2, 0.25) is 0 Å². The van der Waals surface area contributed by atoms with Crippen LogP contribution < -0.4 is 10.6 Å². The lowest BCUT2D eigenvalue weighted by atomic mass is 10.1. The summed E-state index contributed by atoms with van der Waals surface area (Å²) >= 11 is 0. The molecule has 0 aromatic heterocycles. The first-order valence-electron chi connectivity index (χ1n) is 3.90. The fourth-order valence-electron chi connectivity index (χ4n) is 1.39. The van der Waals surface area contributed by atoms with E-state index in [4.69, 9.17) is 0 Å². The summed E-state index contributed by atoms with van der Waals surface area (Å²) in [5.41, 5.74) is 2.92. The minimum absolute atomic E-state index is 0.0349. The van der Waals surface area contributed by atoms with Crippen molar-refractivity contribution >= 4 is 11.6 Å². The Hall–Kier alpha value is -1.51. The number of rotatable bonds is 1. The second kappa shape index (κ2) is 2.52. The first kappa shape index (κ1) is 7.16. The quantitative estimate of drug-likeness (QED) is 0.646. The molecule has 0 atom stereocenters. The van der Waals surface area contributed by atoms with Crippen LogP contribution in [0.15, 0.2) is 18.2 Å². The molecule has 0 spiro atoms. The van der Waals surface area contributed by atoms with Crippen molar-refractivity contribution in [2.24, 2.45) is 0 Å². The molecule has 12 heavy (non-hydrogen) atoms. The number of benzene rings is 1. The van der Waals surface area contributed by atoms with E-state index in [1.54, 1.807) is 0 Å². The molecule has 1 heterocycles. The molecule has 3 nitrogen and oxygen atoms in total. The summed E-state index contributed by atoms with van der Waals surface area (Å²) < 4.78 is 0. The third-order valence-electron chi connectivity index (χ3n) is 2.08. The van der Waals surface area contributed by atoms with Crippen LogP contribution in [0.25, 0.3) is 0 Å². The van der Waals surface area contributed by atoms with E-state index >= 15 is 0 Å². The van der Waals surface area contributed by atoms with Crippen molar-refractivity contribution in [2.75, 3.05) is 12.4 Å². The molecule has 0 aliphatic carbocycles. The van der Waals surface area contributed by atoms with Crippen molar-refractivity contribution in [1.29, 1.82) is 0 Å². The van der Waals surface area contributed by atoms with Gasteiger partial charge in [0.2, 0.25) is 0 Å². The van der Waals surface area contributed by atoms with E-state index in [1.807, 2.05) is 25.2 Å². The highest BCUT2D eigenvalue weighted by atomic mass is 16.1. The average Bonchev–Trinajstić information content (AvgIpc) is 2.47. The van der Waals surface area contributed by atoms with Crippen molar-refractivity contribution in [3.05, 3.63) is 29.3 Å². The molecule has 1 aliphatic heterocycles. The van der Waals surface area contributed by atoms with Crippen LogP contribution in [0.4, 0.5) is 5.69 Å². The maximum absolute atomic E-state index is 11.1. The first-order valence-corrected chi connectivity index (χ1v) is 3.90. The molecule has 0 fully saturated rings. The molecule has 3 heteroatoms. The van der Waals surface area contributed by atoms with E-state index in [2.05, 4.69) is 10.6 Å². The number of amides is 1. The van der Waals surface area contributed by atoms with Crippen LogP contribution in [0.5, 0.6) is 0 Å². The molecule has 1 aliphatic rings. The zero-order valence-corrected chi connectivity index (χ0v) is 6.85. The van der Waals surface area contributed by atoms with E-state index in [0.717, 1.165) is 16.8 Å². The number of carbonyl (C=O) groups excluding carboxylic acids is 1. The highest BCUT2D eigenvalue weighted by Gasteiger charge is 2.17. The van der Waals surface area contributed by atoms with Crippen molar-refractivity contribution in [3.63, 3.8) is 0 Å². The number of hydrogen-bond donors (Lipinski definition) is 2. The molecule has 0 radical (unpaired) electrons. The largest absolute Gasteiger partial charge is 0.388 e. The van der Waals surface area contributed by atoms with Gasteiger partial charge in [-0.15, -0.1) is 0 Å². The summed E-state index contributed by atoms with van der Waals surface area (Å²) in [6.07, 6.45) is 0. The van der Waals surface area contributed by atoms with Gasteiger partial charge in [-0.05, 0) is 23.8 Å². The van der Waals surface area contributed by atoms with Gasteiger partial charge in [-0.25, -0.2) is 0 Å². The molecule has 0 bridgehead atoms. The topological polar surface area (TPSA) is 41.1 Å². The highest BCUT2D eigenvalue weighted by molar-refractivity contribution is 5.98. The summed E-state index contributed by atoms with van der Waals surface area (Å²) in [5.74, 6) is 0.0349. The van der Waals surface area contributed by atoms with Crippen molar-refractivity contribution in [3.8, 4) is 0 Å². The van der Waals surface area contributed by atoms with Crippen molar-refractivity contribution < 1.29 is 4.79 Å². The van der Waals surface area contributed by atoms with Crippen LogP contribution in [0.1, 0.15) is 15.9 Å². The lowest BCUT2D eigenvalue weighted by Crippen LogP contribution is -2.12. The highest BCUT2D eigenvalue weighted by Crippen LogP contribution is 2.19. The second-order valence-corrected chi connectivity index (χ2v) is 2.80.